The Morgan fingerprint density at radius 1 is 0.839 bits per heavy atom. The normalized spacial score (nSPS) is 18.1. The van der Waals surface area contributed by atoms with Gasteiger partial charge >= 0.3 is 0 Å². The molecule has 2 aliphatic rings. The molecule has 31 heavy (non-hydrogen) atoms. The summed E-state index contributed by atoms with van der Waals surface area (Å²) in [5.74, 6) is 1.78. The van der Waals surface area contributed by atoms with Crippen LogP contribution in [0.3, 0.4) is 0 Å². The first-order chi connectivity index (χ1) is 15.1. The van der Waals surface area contributed by atoms with Gasteiger partial charge in [0.05, 0.1) is 7.11 Å². The lowest BCUT2D eigenvalue weighted by Gasteiger charge is -2.37. The molecule has 0 atom stereocenters. The molecule has 0 radical (unpaired) electrons. The van der Waals surface area contributed by atoms with Crippen LogP contribution in [0.2, 0.25) is 0 Å². The van der Waals surface area contributed by atoms with Gasteiger partial charge in [-0.1, -0.05) is 30.3 Å². The summed E-state index contributed by atoms with van der Waals surface area (Å²) in [7, 11) is 1.62. The molecule has 0 unspecified atom stereocenters. The number of amides is 2. The minimum absolute atomic E-state index is 0.0373. The van der Waals surface area contributed by atoms with Gasteiger partial charge in [-0.3, -0.25) is 9.59 Å². The van der Waals surface area contributed by atoms with Gasteiger partial charge in [0.2, 0.25) is 5.91 Å². The lowest BCUT2D eigenvalue weighted by atomic mass is 9.88. The molecule has 0 aliphatic carbocycles. The van der Waals surface area contributed by atoms with Gasteiger partial charge < -0.3 is 14.5 Å². The molecule has 0 spiro atoms. The molecule has 0 bridgehead atoms. The predicted molar refractivity (Wildman–Crippen MR) is 121 cm³/mol. The molecule has 2 amide bonds. The number of nitrogens with zero attached hydrogens (tertiary/aromatic N) is 2. The maximum atomic E-state index is 13.0. The third-order valence-electron chi connectivity index (χ3n) is 6.76. The minimum Gasteiger partial charge on any atom is -0.497 e. The number of hydrogen-bond donors (Lipinski definition) is 0. The molecule has 2 aromatic rings. The van der Waals surface area contributed by atoms with Crippen LogP contribution in [0.1, 0.15) is 41.6 Å². The van der Waals surface area contributed by atoms with Gasteiger partial charge in [0.1, 0.15) is 5.75 Å². The van der Waals surface area contributed by atoms with E-state index >= 15 is 0 Å². The lowest BCUT2D eigenvalue weighted by Crippen LogP contribution is -2.46. The van der Waals surface area contributed by atoms with E-state index in [-0.39, 0.29) is 17.7 Å². The van der Waals surface area contributed by atoms with Crippen molar-refractivity contribution in [3.63, 3.8) is 0 Å². The predicted octanol–water partition coefficient (Wildman–Crippen LogP) is 4.03. The van der Waals surface area contributed by atoms with Crippen molar-refractivity contribution in [1.29, 1.82) is 0 Å². The standard InChI is InChI=1S/C26H32N2O3/c1-31-24-9-7-22(8-10-24)25(29)28-17-13-23(14-18-28)26(30)27-15-11-21(12-16-27)19-20-5-3-2-4-6-20/h2-10,21,23H,11-19H2,1H3. The number of carbonyl (C=O) groups is 2. The molecular formula is C26H32N2O3. The quantitative estimate of drug-likeness (QED) is 0.734. The summed E-state index contributed by atoms with van der Waals surface area (Å²) in [6.45, 7) is 3.01. The van der Waals surface area contributed by atoms with Gasteiger partial charge in [-0.15, -0.1) is 0 Å². The third kappa shape index (κ3) is 5.27. The smallest absolute Gasteiger partial charge is 0.253 e. The van der Waals surface area contributed by atoms with E-state index in [0.29, 0.717) is 24.6 Å². The topological polar surface area (TPSA) is 49.9 Å². The summed E-state index contributed by atoms with van der Waals surface area (Å²) in [6, 6.07) is 17.9. The molecule has 2 saturated heterocycles. The van der Waals surface area contributed by atoms with Crippen LogP contribution >= 0.6 is 0 Å². The Bertz CT molecular complexity index is 865. The average molecular weight is 421 g/mol. The first-order valence-corrected chi connectivity index (χ1v) is 11.4. The number of carbonyl (C=O) groups excluding carboxylic acids is 2. The number of likely N-dealkylation sites (tertiary alicyclic amines) is 2. The molecule has 2 fully saturated rings. The molecule has 2 heterocycles. The van der Waals surface area contributed by atoms with Crippen molar-refractivity contribution in [2.75, 3.05) is 33.3 Å². The maximum absolute atomic E-state index is 13.0. The van der Waals surface area contributed by atoms with Gasteiger partial charge in [0.15, 0.2) is 0 Å². The average Bonchev–Trinajstić information content (AvgIpc) is 2.84. The maximum Gasteiger partial charge on any atom is 0.253 e. The van der Waals surface area contributed by atoms with Gasteiger partial charge in [-0.25, -0.2) is 0 Å². The highest BCUT2D eigenvalue weighted by molar-refractivity contribution is 5.94. The molecule has 2 aromatic carbocycles. The summed E-state index contributed by atoms with van der Waals surface area (Å²) >= 11 is 0. The Kier molecular flexibility index (Phi) is 6.90. The highest BCUT2D eigenvalue weighted by Gasteiger charge is 2.32. The molecule has 5 nitrogen and oxygen atoms in total. The summed E-state index contributed by atoms with van der Waals surface area (Å²) in [5.41, 5.74) is 2.06. The van der Waals surface area contributed by atoms with Crippen LogP contribution in [0.15, 0.2) is 54.6 Å². The van der Waals surface area contributed by atoms with Crippen LogP contribution < -0.4 is 4.74 Å². The van der Waals surface area contributed by atoms with Gasteiger partial charge in [0, 0.05) is 37.7 Å². The zero-order chi connectivity index (χ0) is 21.6. The van der Waals surface area contributed by atoms with E-state index in [0.717, 1.165) is 50.9 Å². The first-order valence-electron chi connectivity index (χ1n) is 11.4. The van der Waals surface area contributed by atoms with Crippen LogP contribution in [-0.4, -0.2) is 54.9 Å². The fourth-order valence-electron chi connectivity index (χ4n) is 4.81. The van der Waals surface area contributed by atoms with Gasteiger partial charge in [0.25, 0.3) is 5.91 Å². The Morgan fingerprint density at radius 3 is 2.06 bits per heavy atom. The van der Waals surface area contributed by atoms with Crippen molar-refractivity contribution in [3.8, 4) is 5.75 Å². The highest BCUT2D eigenvalue weighted by Crippen LogP contribution is 2.26. The Balaban J connectivity index is 1.23. The molecule has 0 N–H and O–H groups in total. The van der Waals surface area contributed by atoms with E-state index < -0.39 is 0 Å². The van der Waals surface area contributed by atoms with Crippen molar-refractivity contribution < 1.29 is 14.3 Å². The highest BCUT2D eigenvalue weighted by atomic mass is 16.5. The molecule has 0 aromatic heterocycles. The Morgan fingerprint density at radius 2 is 1.45 bits per heavy atom. The molecule has 2 aliphatic heterocycles. The molecule has 0 saturated carbocycles. The molecule has 164 valence electrons. The number of benzene rings is 2. The number of methoxy groups -OCH3 is 1. The molecular weight excluding hydrogens is 388 g/mol. The van der Waals surface area contributed by atoms with Crippen molar-refractivity contribution in [3.05, 3.63) is 65.7 Å². The lowest BCUT2D eigenvalue weighted by molar-refractivity contribution is -0.138. The summed E-state index contributed by atoms with van der Waals surface area (Å²) < 4.78 is 5.16. The minimum atomic E-state index is 0.0373. The van der Waals surface area contributed by atoms with E-state index in [1.807, 2.05) is 17.0 Å². The number of hydrogen-bond acceptors (Lipinski definition) is 3. The summed E-state index contributed by atoms with van der Waals surface area (Å²) in [5, 5.41) is 0. The fourth-order valence-corrected chi connectivity index (χ4v) is 4.81. The van der Waals surface area contributed by atoms with Crippen LogP contribution in [0.4, 0.5) is 0 Å². The van der Waals surface area contributed by atoms with E-state index in [4.69, 9.17) is 4.74 Å². The van der Waals surface area contributed by atoms with Gasteiger partial charge in [-0.05, 0) is 67.9 Å². The van der Waals surface area contributed by atoms with Crippen LogP contribution in [0.25, 0.3) is 0 Å². The van der Waals surface area contributed by atoms with Crippen LogP contribution in [0, 0.1) is 11.8 Å². The monoisotopic (exact) mass is 420 g/mol. The second-order valence-corrected chi connectivity index (χ2v) is 8.75. The Labute approximate surface area is 185 Å². The van der Waals surface area contributed by atoms with Crippen LogP contribution in [-0.2, 0) is 11.2 Å². The number of piperidine rings is 2. The first kappa shape index (κ1) is 21.4. The number of rotatable bonds is 5. The summed E-state index contributed by atoms with van der Waals surface area (Å²) in [6.07, 6.45) is 4.77. The van der Waals surface area contributed by atoms with E-state index in [2.05, 4.69) is 35.2 Å². The zero-order valence-electron chi connectivity index (χ0n) is 18.3. The third-order valence-corrected chi connectivity index (χ3v) is 6.76. The van der Waals surface area contributed by atoms with Gasteiger partial charge in [-0.2, -0.15) is 0 Å². The second kappa shape index (κ2) is 9.99. The molecule has 4 rings (SSSR count). The van der Waals surface area contributed by atoms with Crippen molar-refractivity contribution in [2.45, 2.75) is 32.1 Å². The largest absolute Gasteiger partial charge is 0.497 e. The SMILES string of the molecule is COc1ccc(C(=O)N2CCC(C(=O)N3CCC(Cc4ccccc4)CC3)CC2)cc1. The number of ether oxygens (including phenoxy) is 1. The summed E-state index contributed by atoms with van der Waals surface area (Å²) in [4.78, 5) is 29.7. The van der Waals surface area contributed by atoms with E-state index in [1.54, 1.807) is 19.2 Å². The zero-order valence-corrected chi connectivity index (χ0v) is 18.3. The van der Waals surface area contributed by atoms with Crippen molar-refractivity contribution >= 4 is 11.8 Å². The second-order valence-electron chi connectivity index (χ2n) is 8.75. The van der Waals surface area contributed by atoms with Crippen LogP contribution in [0.5, 0.6) is 5.75 Å². The van der Waals surface area contributed by atoms with Crippen molar-refractivity contribution in [2.24, 2.45) is 11.8 Å². The Hall–Kier alpha value is -2.82. The van der Waals surface area contributed by atoms with Crippen molar-refractivity contribution in [1.82, 2.24) is 9.80 Å². The van der Waals surface area contributed by atoms with E-state index in [9.17, 15) is 9.59 Å². The fraction of sp³-hybridized carbons (Fsp3) is 0.462. The molecule has 5 heteroatoms. The van der Waals surface area contributed by atoms with E-state index in [1.165, 1.54) is 5.56 Å².